The predicted molar refractivity (Wildman–Crippen MR) is 128 cm³/mol. The first kappa shape index (κ1) is 24.1. The van der Waals surface area contributed by atoms with Gasteiger partial charge in [-0.15, -0.1) is 0 Å². The Hall–Kier alpha value is -2.58. The molecule has 0 saturated carbocycles. The third-order valence-corrected chi connectivity index (χ3v) is 6.15. The Kier molecular flexibility index (Phi) is 9.37. The van der Waals surface area contributed by atoms with Crippen LogP contribution < -0.4 is 21.1 Å². The Labute approximate surface area is 194 Å². The summed E-state index contributed by atoms with van der Waals surface area (Å²) < 4.78 is 5.28. The molecule has 1 aliphatic rings. The number of hydrogen-bond acceptors (Lipinski definition) is 7. The van der Waals surface area contributed by atoms with Crippen molar-refractivity contribution in [3.8, 4) is 5.75 Å². The number of methoxy groups -OCH3 is 1. The highest BCUT2D eigenvalue weighted by atomic mass is 35.5. The number of nitrogens with one attached hydrogen (secondary N) is 2. The standard InChI is InChI=1S/C23H33ClN6O2/c1-32-21-15-20(25)19(24)14-18(21)22(31)29-16-17-6-12-30(13-7-17)11-4-2-3-8-26-23-27-9-5-10-28-23/h5,9-10,14-15,17H,2-4,6-8,11-13,16,25H2,1H3,(H,29,31)(H,26,27,28). The molecule has 174 valence electrons. The van der Waals surface area contributed by atoms with Crippen LogP contribution in [-0.2, 0) is 0 Å². The molecule has 0 bridgehead atoms. The number of anilines is 2. The summed E-state index contributed by atoms with van der Waals surface area (Å²) in [6.07, 6.45) is 9.15. The first-order valence-electron chi connectivity index (χ1n) is 11.2. The zero-order chi connectivity index (χ0) is 22.8. The fraction of sp³-hybridized carbons (Fsp3) is 0.522. The van der Waals surface area contributed by atoms with E-state index in [0.29, 0.717) is 40.4 Å². The maximum absolute atomic E-state index is 12.6. The third kappa shape index (κ3) is 7.24. The fourth-order valence-electron chi connectivity index (χ4n) is 3.89. The summed E-state index contributed by atoms with van der Waals surface area (Å²) in [7, 11) is 1.52. The van der Waals surface area contributed by atoms with E-state index in [9.17, 15) is 4.79 Å². The van der Waals surface area contributed by atoms with E-state index in [4.69, 9.17) is 22.1 Å². The molecule has 0 unspecified atom stereocenters. The van der Waals surface area contributed by atoms with Crippen LogP contribution in [0.25, 0.3) is 0 Å². The third-order valence-electron chi connectivity index (χ3n) is 5.82. The van der Waals surface area contributed by atoms with Crippen molar-refractivity contribution >= 4 is 29.1 Å². The molecule has 8 nitrogen and oxygen atoms in total. The number of benzene rings is 1. The van der Waals surface area contributed by atoms with Crippen LogP contribution in [0.1, 0.15) is 42.5 Å². The lowest BCUT2D eigenvalue weighted by Gasteiger charge is -2.32. The quantitative estimate of drug-likeness (QED) is 0.348. The number of nitrogen functional groups attached to an aromatic ring is 1. The number of piperidine rings is 1. The smallest absolute Gasteiger partial charge is 0.255 e. The topological polar surface area (TPSA) is 105 Å². The van der Waals surface area contributed by atoms with Crippen molar-refractivity contribution in [3.63, 3.8) is 0 Å². The van der Waals surface area contributed by atoms with Crippen LogP contribution in [0.3, 0.4) is 0 Å². The van der Waals surface area contributed by atoms with E-state index >= 15 is 0 Å². The van der Waals surface area contributed by atoms with Crippen LogP contribution in [0, 0.1) is 5.92 Å². The number of likely N-dealkylation sites (tertiary alicyclic amines) is 1. The van der Waals surface area contributed by atoms with Gasteiger partial charge in [-0.05, 0) is 63.4 Å². The molecular formula is C23H33ClN6O2. The number of unbranched alkanes of at least 4 members (excludes halogenated alkanes) is 2. The number of rotatable bonds is 11. The van der Waals surface area contributed by atoms with E-state index in [1.54, 1.807) is 24.5 Å². The second-order valence-corrected chi connectivity index (χ2v) is 8.54. The van der Waals surface area contributed by atoms with Gasteiger partial charge in [0.1, 0.15) is 5.75 Å². The number of hydrogen-bond donors (Lipinski definition) is 3. The highest BCUT2D eigenvalue weighted by Crippen LogP contribution is 2.29. The molecule has 1 aromatic heterocycles. The van der Waals surface area contributed by atoms with Gasteiger partial charge in [-0.3, -0.25) is 4.79 Å². The van der Waals surface area contributed by atoms with Gasteiger partial charge in [0.15, 0.2) is 0 Å². The van der Waals surface area contributed by atoms with Crippen molar-refractivity contribution in [2.75, 3.05) is 50.9 Å². The molecule has 32 heavy (non-hydrogen) atoms. The summed E-state index contributed by atoms with van der Waals surface area (Å²) in [6.45, 7) is 4.84. The Bertz CT molecular complexity index is 859. The van der Waals surface area contributed by atoms with E-state index in [0.717, 1.165) is 45.4 Å². The number of ether oxygens (including phenoxy) is 1. The molecule has 0 atom stereocenters. The second kappa shape index (κ2) is 12.5. The minimum Gasteiger partial charge on any atom is -0.496 e. The summed E-state index contributed by atoms with van der Waals surface area (Å²) in [5, 5.41) is 6.63. The number of carbonyl (C=O) groups excluding carboxylic acids is 1. The molecule has 1 saturated heterocycles. The normalized spacial score (nSPS) is 14.8. The van der Waals surface area contributed by atoms with Crippen molar-refractivity contribution in [1.82, 2.24) is 20.2 Å². The highest BCUT2D eigenvalue weighted by molar-refractivity contribution is 6.33. The van der Waals surface area contributed by atoms with Crippen LogP contribution >= 0.6 is 11.6 Å². The number of halogens is 1. The van der Waals surface area contributed by atoms with E-state index in [1.165, 1.54) is 20.0 Å². The van der Waals surface area contributed by atoms with Crippen LogP contribution in [0.4, 0.5) is 11.6 Å². The van der Waals surface area contributed by atoms with Gasteiger partial charge < -0.3 is 26.0 Å². The summed E-state index contributed by atoms with van der Waals surface area (Å²) in [5.41, 5.74) is 6.61. The monoisotopic (exact) mass is 460 g/mol. The summed E-state index contributed by atoms with van der Waals surface area (Å²) in [5.74, 6) is 1.44. The maximum atomic E-state index is 12.6. The number of aromatic nitrogens is 2. The van der Waals surface area contributed by atoms with Crippen LogP contribution in [-0.4, -0.2) is 60.6 Å². The number of nitrogens with zero attached hydrogens (tertiary/aromatic N) is 3. The van der Waals surface area contributed by atoms with Gasteiger partial charge in [0.2, 0.25) is 5.95 Å². The number of nitrogens with two attached hydrogens (primary N) is 1. The molecule has 1 amide bonds. The summed E-state index contributed by atoms with van der Waals surface area (Å²) in [6, 6.07) is 4.96. The average Bonchev–Trinajstić information content (AvgIpc) is 2.82. The number of amides is 1. The first-order chi connectivity index (χ1) is 15.6. The zero-order valence-electron chi connectivity index (χ0n) is 18.6. The molecule has 0 radical (unpaired) electrons. The van der Waals surface area contributed by atoms with Gasteiger partial charge >= 0.3 is 0 Å². The lowest BCUT2D eigenvalue weighted by atomic mass is 9.96. The first-order valence-corrected chi connectivity index (χ1v) is 11.6. The Morgan fingerprint density at radius 1 is 1.22 bits per heavy atom. The minimum absolute atomic E-state index is 0.180. The molecule has 1 aromatic carbocycles. The molecule has 1 aliphatic heterocycles. The van der Waals surface area contributed by atoms with Crippen LogP contribution in [0.5, 0.6) is 5.75 Å². The molecule has 0 aliphatic carbocycles. The van der Waals surface area contributed by atoms with E-state index in [1.807, 2.05) is 6.07 Å². The van der Waals surface area contributed by atoms with E-state index in [2.05, 4.69) is 25.5 Å². The zero-order valence-corrected chi connectivity index (χ0v) is 19.4. The average molecular weight is 461 g/mol. The van der Waals surface area contributed by atoms with E-state index in [-0.39, 0.29) is 5.91 Å². The van der Waals surface area contributed by atoms with E-state index < -0.39 is 0 Å². The molecule has 4 N–H and O–H groups in total. The van der Waals surface area contributed by atoms with Gasteiger partial charge in [0.25, 0.3) is 5.91 Å². The molecule has 2 aromatic rings. The second-order valence-electron chi connectivity index (χ2n) is 8.13. The molecular weight excluding hydrogens is 428 g/mol. The van der Waals surface area contributed by atoms with Crippen molar-refractivity contribution in [2.24, 2.45) is 5.92 Å². The predicted octanol–water partition coefficient (Wildman–Crippen LogP) is 3.45. The Balaban J connectivity index is 1.29. The molecule has 9 heteroatoms. The van der Waals surface area contributed by atoms with Gasteiger partial charge in [-0.1, -0.05) is 18.0 Å². The van der Waals surface area contributed by atoms with Gasteiger partial charge in [-0.25, -0.2) is 9.97 Å². The summed E-state index contributed by atoms with van der Waals surface area (Å²) in [4.78, 5) is 23.4. The molecule has 1 fully saturated rings. The molecule has 0 spiro atoms. The van der Waals surface area contributed by atoms with Gasteiger partial charge in [0.05, 0.1) is 23.4 Å². The molecule has 3 rings (SSSR count). The highest BCUT2D eigenvalue weighted by Gasteiger charge is 2.21. The van der Waals surface area contributed by atoms with Crippen LogP contribution in [0.2, 0.25) is 5.02 Å². The van der Waals surface area contributed by atoms with Crippen molar-refractivity contribution in [1.29, 1.82) is 0 Å². The fourth-order valence-corrected chi connectivity index (χ4v) is 4.05. The van der Waals surface area contributed by atoms with Gasteiger partial charge in [0, 0.05) is 31.5 Å². The minimum atomic E-state index is -0.180. The molecule has 2 heterocycles. The van der Waals surface area contributed by atoms with Gasteiger partial charge in [-0.2, -0.15) is 0 Å². The Morgan fingerprint density at radius 3 is 2.69 bits per heavy atom. The van der Waals surface area contributed by atoms with Crippen molar-refractivity contribution in [3.05, 3.63) is 41.2 Å². The Morgan fingerprint density at radius 2 is 1.97 bits per heavy atom. The maximum Gasteiger partial charge on any atom is 0.255 e. The lowest BCUT2D eigenvalue weighted by molar-refractivity contribution is 0.0933. The summed E-state index contributed by atoms with van der Waals surface area (Å²) >= 11 is 6.07. The number of carbonyl (C=O) groups is 1. The SMILES string of the molecule is COc1cc(N)c(Cl)cc1C(=O)NCC1CCN(CCCCCNc2ncccn2)CC1. The van der Waals surface area contributed by atoms with Crippen molar-refractivity contribution < 1.29 is 9.53 Å². The van der Waals surface area contributed by atoms with Crippen molar-refractivity contribution in [2.45, 2.75) is 32.1 Å². The van der Waals surface area contributed by atoms with Crippen LogP contribution in [0.15, 0.2) is 30.6 Å². The largest absolute Gasteiger partial charge is 0.496 e. The lowest BCUT2D eigenvalue weighted by Crippen LogP contribution is -2.39.